The SMILES string of the molecule is Cc1cc(OCCCn2c(/C=C/c3ccc(Cl)cc3)nc3ccccc32)ccc1Cl. The molecule has 0 spiro atoms. The van der Waals surface area contributed by atoms with Gasteiger partial charge in [0.1, 0.15) is 11.6 Å². The zero-order valence-electron chi connectivity index (χ0n) is 16.7. The lowest BCUT2D eigenvalue weighted by atomic mass is 10.2. The van der Waals surface area contributed by atoms with E-state index in [0.717, 1.165) is 56.7 Å². The largest absolute Gasteiger partial charge is 0.494 e. The van der Waals surface area contributed by atoms with Gasteiger partial charge in [-0.05, 0) is 73.0 Å². The van der Waals surface area contributed by atoms with E-state index in [4.69, 9.17) is 32.9 Å². The van der Waals surface area contributed by atoms with Crippen LogP contribution in [0.4, 0.5) is 0 Å². The molecule has 0 aliphatic heterocycles. The fourth-order valence-electron chi connectivity index (χ4n) is 3.32. The van der Waals surface area contributed by atoms with E-state index in [2.05, 4.69) is 16.7 Å². The van der Waals surface area contributed by atoms with Gasteiger partial charge in [-0.15, -0.1) is 0 Å². The molecule has 1 aromatic heterocycles. The minimum absolute atomic E-state index is 0.619. The summed E-state index contributed by atoms with van der Waals surface area (Å²) in [4.78, 5) is 4.80. The highest BCUT2D eigenvalue weighted by atomic mass is 35.5. The smallest absolute Gasteiger partial charge is 0.133 e. The molecule has 1 heterocycles. The first kappa shape index (κ1) is 20.5. The molecule has 0 aliphatic rings. The maximum atomic E-state index is 6.09. The van der Waals surface area contributed by atoms with Gasteiger partial charge in [-0.1, -0.05) is 53.5 Å². The average molecular weight is 437 g/mol. The monoisotopic (exact) mass is 436 g/mol. The summed E-state index contributed by atoms with van der Waals surface area (Å²) in [6.45, 7) is 3.41. The molecule has 3 aromatic carbocycles. The normalized spacial score (nSPS) is 11.4. The first-order valence-electron chi connectivity index (χ1n) is 9.88. The van der Waals surface area contributed by atoms with Crippen LogP contribution in [-0.4, -0.2) is 16.2 Å². The molecule has 30 heavy (non-hydrogen) atoms. The van der Waals surface area contributed by atoms with Crippen molar-refractivity contribution in [1.29, 1.82) is 0 Å². The number of halogens is 2. The van der Waals surface area contributed by atoms with E-state index in [0.29, 0.717) is 6.61 Å². The lowest BCUT2D eigenvalue weighted by Crippen LogP contribution is -2.06. The van der Waals surface area contributed by atoms with Crippen LogP contribution in [0.1, 0.15) is 23.4 Å². The number of para-hydroxylation sites is 2. The number of aromatic nitrogens is 2. The Balaban J connectivity index is 1.48. The Morgan fingerprint density at radius 2 is 1.77 bits per heavy atom. The highest BCUT2D eigenvalue weighted by Gasteiger charge is 2.08. The molecule has 0 saturated carbocycles. The van der Waals surface area contributed by atoms with E-state index in [1.807, 2.05) is 73.7 Å². The first-order valence-corrected chi connectivity index (χ1v) is 10.6. The standard InChI is InChI=1S/C25H22Cl2N2O/c1-18-17-21(12-13-22(18)27)30-16-4-15-29-24-6-3-2-5-23(24)28-25(29)14-9-19-7-10-20(26)11-8-19/h2-3,5-14,17H,4,15-16H2,1H3/b14-9+. The molecule has 0 radical (unpaired) electrons. The lowest BCUT2D eigenvalue weighted by molar-refractivity contribution is 0.302. The summed E-state index contributed by atoms with van der Waals surface area (Å²) in [5.74, 6) is 1.77. The van der Waals surface area contributed by atoms with Crippen LogP contribution < -0.4 is 4.74 Å². The third kappa shape index (κ3) is 4.86. The molecule has 4 aromatic rings. The summed E-state index contributed by atoms with van der Waals surface area (Å²) in [5, 5.41) is 1.49. The summed E-state index contributed by atoms with van der Waals surface area (Å²) in [5.41, 5.74) is 4.21. The van der Waals surface area contributed by atoms with E-state index in [1.165, 1.54) is 0 Å². The van der Waals surface area contributed by atoms with Gasteiger partial charge in [0, 0.05) is 16.6 Å². The van der Waals surface area contributed by atoms with E-state index >= 15 is 0 Å². The topological polar surface area (TPSA) is 27.1 Å². The predicted molar refractivity (Wildman–Crippen MR) is 126 cm³/mol. The maximum Gasteiger partial charge on any atom is 0.133 e. The number of rotatable bonds is 7. The quantitative estimate of drug-likeness (QED) is 0.284. The lowest BCUT2D eigenvalue weighted by Gasteiger charge is -2.10. The van der Waals surface area contributed by atoms with Gasteiger partial charge in [0.05, 0.1) is 17.6 Å². The number of aryl methyl sites for hydroxylation is 2. The number of ether oxygens (including phenoxy) is 1. The van der Waals surface area contributed by atoms with Crippen LogP contribution >= 0.6 is 23.2 Å². The van der Waals surface area contributed by atoms with E-state index in [1.54, 1.807) is 0 Å². The Hall–Kier alpha value is -2.75. The van der Waals surface area contributed by atoms with Gasteiger partial charge in [-0.2, -0.15) is 0 Å². The summed E-state index contributed by atoms with van der Waals surface area (Å²) in [6, 6.07) is 21.7. The Morgan fingerprint density at radius 1 is 0.967 bits per heavy atom. The van der Waals surface area contributed by atoms with Crippen molar-refractivity contribution in [3.05, 3.63) is 93.7 Å². The maximum absolute atomic E-state index is 6.09. The zero-order valence-corrected chi connectivity index (χ0v) is 18.2. The summed E-state index contributed by atoms with van der Waals surface area (Å²) >= 11 is 12.1. The number of hydrogen-bond acceptors (Lipinski definition) is 2. The van der Waals surface area contributed by atoms with Gasteiger partial charge in [0.15, 0.2) is 0 Å². The number of fused-ring (bicyclic) bond motifs is 1. The van der Waals surface area contributed by atoms with Crippen LogP contribution in [0.15, 0.2) is 66.7 Å². The van der Waals surface area contributed by atoms with Gasteiger partial charge in [0.25, 0.3) is 0 Å². The summed E-state index contributed by atoms with van der Waals surface area (Å²) in [7, 11) is 0. The summed E-state index contributed by atoms with van der Waals surface area (Å²) < 4.78 is 8.14. The van der Waals surface area contributed by atoms with Crippen molar-refractivity contribution in [1.82, 2.24) is 9.55 Å². The third-order valence-electron chi connectivity index (χ3n) is 4.90. The van der Waals surface area contributed by atoms with Crippen molar-refractivity contribution in [3.8, 4) is 5.75 Å². The van der Waals surface area contributed by atoms with Crippen LogP contribution in [0.5, 0.6) is 5.75 Å². The molecule has 0 saturated heterocycles. The molecule has 152 valence electrons. The molecular formula is C25H22Cl2N2O. The van der Waals surface area contributed by atoms with Crippen molar-refractivity contribution in [2.24, 2.45) is 0 Å². The average Bonchev–Trinajstić information content (AvgIpc) is 3.11. The Bertz CT molecular complexity index is 1180. The van der Waals surface area contributed by atoms with E-state index in [9.17, 15) is 0 Å². The third-order valence-corrected chi connectivity index (χ3v) is 5.58. The van der Waals surface area contributed by atoms with Crippen LogP contribution in [-0.2, 0) is 6.54 Å². The second-order valence-corrected chi connectivity index (χ2v) is 7.95. The first-order chi connectivity index (χ1) is 14.6. The zero-order chi connectivity index (χ0) is 20.9. The summed E-state index contributed by atoms with van der Waals surface area (Å²) in [6.07, 6.45) is 4.97. The van der Waals surface area contributed by atoms with Gasteiger partial charge < -0.3 is 9.30 Å². The fourth-order valence-corrected chi connectivity index (χ4v) is 3.56. The van der Waals surface area contributed by atoms with E-state index in [-0.39, 0.29) is 0 Å². The molecule has 0 unspecified atom stereocenters. The van der Waals surface area contributed by atoms with Crippen LogP contribution in [0, 0.1) is 6.92 Å². The molecule has 0 aliphatic carbocycles. The molecule has 4 rings (SSSR count). The second kappa shape index (κ2) is 9.38. The van der Waals surface area contributed by atoms with Crippen molar-refractivity contribution in [3.63, 3.8) is 0 Å². The second-order valence-electron chi connectivity index (χ2n) is 7.11. The molecular weight excluding hydrogens is 415 g/mol. The number of hydrogen-bond donors (Lipinski definition) is 0. The van der Waals surface area contributed by atoms with Crippen molar-refractivity contribution in [2.45, 2.75) is 19.9 Å². The minimum Gasteiger partial charge on any atom is -0.494 e. The fraction of sp³-hybridized carbons (Fsp3) is 0.160. The van der Waals surface area contributed by atoms with Crippen LogP contribution in [0.25, 0.3) is 23.2 Å². The molecule has 0 amide bonds. The van der Waals surface area contributed by atoms with Crippen LogP contribution in [0.2, 0.25) is 10.0 Å². The van der Waals surface area contributed by atoms with Gasteiger partial charge in [-0.3, -0.25) is 0 Å². The molecule has 0 N–H and O–H groups in total. The highest BCUT2D eigenvalue weighted by Crippen LogP contribution is 2.22. The molecule has 0 bridgehead atoms. The molecule has 3 nitrogen and oxygen atoms in total. The highest BCUT2D eigenvalue weighted by molar-refractivity contribution is 6.31. The van der Waals surface area contributed by atoms with Gasteiger partial charge in [0.2, 0.25) is 0 Å². The van der Waals surface area contributed by atoms with E-state index < -0.39 is 0 Å². The Kier molecular flexibility index (Phi) is 6.41. The predicted octanol–water partition coefficient (Wildman–Crippen LogP) is 7.29. The van der Waals surface area contributed by atoms with Crippen molar-refractivity contribution in [2.75, 3.05) is 6.61 Å². The molecule has 5 heteroatoms. The number of nitrogens with zero attached hydrogens (tertiary/aromatic N) is 2. The molecule has 0 fully saturated rings. The Labute approximate surface area is 186 Å². The Morgan fingerprint density at radius 3 is 2.57 bits per heavy atom. The van der Waals surface area contributed by atoms with Gasteiger partial charge in [-0.25, -0.2) is 4.98 Å². The van der Waals surface area contributed by atoms with Gasteiger partial charge >= 0.3 is 0 Å². The van der Waals surface area contributed by atoms with Crippen LogP contribution in [0.3, 0.4) is 0 Å². The minimum atomic E-state index is 0.619. The number of benzene rings is 3. The molecule has 0 atom stereocenters. The van der Waals surface area contributed by atoms with Crippen molar-refractivity contribution >= 4 is 46.4 Å². The number of imidazole rings is 1. The van der Waals surface area contributed by atoms with Crippen molar-refractivity contribution < 1.29 is 4.74 Å².